The number of amides is 1. The zero-order valence-electron chi connectivity index (χ0n) is 11.9. The van der Waals surface area contributed by atoms with Crippen LogP contribution in [-0.4, -0.2) is 41.0 Å². The molecule has 0 bridgehead atoms. The van der Waals surface area contributed by atoms with Gasteiger partial charge in [0.25, 0.3) is 0 Å². The van der Waals surface area contributed by atoms with Crippen LogP contribution in [0.25, 0.3) is 0 Å². The molecule has 1 amide bonds. The first-order chi connectivity index (χ1) is 9.60. The molecule has 0 aliphatic heterocycles. The van der Waals surface area contributed by atoms with Gasteiger partial charge in [-0.25, -0.2) is 0 Å². The van der Waals surface area contributed by atoms with Crippen molar-refractivity contribution in [2.45, 2.75) is 32.2 Å². The molecule has 2 rings (SSSR count). The van der Waals surface area contributed by atoms with E-state index in [1.807, 2.05) is 0 Å². The van der Waals surface area contributed by atoms with E-state index in [4.69, 9.17) is 10.5 Å². The summed E-state index contributed by atoms with van der Waals surface area (Å²) in [5.74, 6) is -0.462. The maximum Gasteiger partial charge on any atom is 0.325 e. The molecule has 1 saturated carbocycles. The fraction of sp³-hybridized carbons (Fsp3) is 0.500. The van der Waals surface area contributed by atoms with Crippen molar-refractivity contribution < 1.29 is 14.3 Å². The Morgan fingerprint density at radius 3 is 2.67 bits per heavy atom. The summed E-state index contributed by atoms with van der Waals surface area (Å²) in [7, 11) is 0. The molecule has 1 heterocycles. The third kappa shape index (κ3) is 5.23. The van der Waals surface area contributed by atoms with Crippen LogP contribution in [0, 0.1) is 0 Å². The van der Waals surface area contributed by atoms with E-state index in [0.717, 1.165) is 12.8 Å². The van der Waals surface area contributed by atoms with Gasteiger partial charge in [0.2, 0.25) is 5.91 Å². The highest BCUT2D eigenvalue weighted by atomic mass is 35.5. The Morgan fingerprint density at radius 2 is 2.14 bits per heavy atom. The Bertz CT molecular complexity index is 489. The number of esters is 1. The number of nitrogens with zero attached hydrogens (tertiary/aromatic N) is 2. The summed E-state index contributed by atoms with van der Waals surface area (Å²) < 4.78 is 4.90. The van der Waals surface area contributed by atoms with Crippen LogP contribution >= 0.6 is 12.4 Å². The predicted molar refractivity (Wildman–Crippen MR) is 81.0 cm³/mol. The van der Waals surface area contributed by atoms with Gasteiger partial charge in [-0.2, -0.15) is 0 Å². The second kappa shape index (κ2) is 7.83. The standard InChI is InChI=1S/C14H19N3O3.ClH/c1-2-20-14(19)9-17(12-5-6-12)13(18)7-11-4-3-10(15)8-16-11;/h3-4,8,12H,2,5-7,9,15H2,1H3;1H. The molecule has 0 saturated heterocycles. The monoisotopic (exact) mass is 313 g/mol. The van der Waals surface area contributed by atoms with Gasteiger partial charge in [0.15, 0.2) is 0 Å². The van der Waals surface area contributed by atoms with Crippen LogP contribution in [0.2, 0.25) is 0 Å². The second-order valence-corrected chi connectivity index (χ2v) is 4.82. The highest BCUT2D eigenvalue weighted by Crippen LogP contribution is 2.27. The van der Waals surface area contributed by atoms with E-state index >= 15 is 0 Å². The average molecular weight is 314 g/mol. The number of ether oxygens (including phenoxy) is 1. The zero-order chi connectivity index (χ0) is 14.5. The number of aromatic nitrogens is 1. The number of rotatable bonds is 6. The van der Waals surface area contributed by atoms with Gasteiger partial charge in [-0.1, -0.05) is 0 Å². The third-order valence-electron chi connectivity index (χ3n) is 3.09. The van der Waals surface area contributed by atoms with E-state index in [2.05, 4.69) is 4.98 Å². The Morgan fingerprint density at radius 1 is 1.43 bits per heavy atom. The van der Waals surface area contributed by atoms with Crippen LogP contribution in [0.15, 0.2) is 18.3 Å². The normalized spacial score (nSPS) is 13.2. The molecule has 0 atom stereocenters. The van der Waals surface area contributed by atoms with E-state index in [1.165, 1.54) is 6.20 Å². The van der Waals surface area contributed by atoms with E-state index in [0.29, 0.717) is 18.0 Å². The number of hydrogen-bond acceptors (Lipinski definition) is 5. The van der Waals surface area contributed by atoms with E-state index in [1.54, 1.807) is 24.0 Å². The molecule has 1 aromatic heterocycles. The summed E-state index contributed by atoms with van der Waals surface area (Å²) in [6, 6.07) is 3.60. The van der Waals surface area contributed by atoms with E-state index < -0.39 is 0 Å². The van der Waals surface area contributed by atoms with Crippen molar-refractivity contribution in [1.82, 2.24) is 9.88 Å². The molecule has 1 aliphatic rings. The van der Waals surface area contributed by atoms with Crippen molar-refractivity contribution in [2.75, 3.05) is 18.9 Å². The lowest BCUT2D eigenvalue weighted by Crippen LogP contribution is -2.39. The topological polar surface area (TPSA) is 85.5 Å². The van der Waals surface area contributed by atoms with Gasteiger partial charge in [-0.05, 0) is 31.9 Å². The summed E-state index contributed by atoms with van der Waals surface area (Å²) in [6.45, 7) is 2.09. The summed E-state index contributed by atoms with van der Waals surface area (Å²) in [5.41, 5.74) is 6.77. The molecule has 2 N–H and O–H groups in total. The molecule has 116 valence electrons. The van der Waals surface area contributed by atoms with Gasteiger partial charge in [-0.3, -0.25) is 14.6 Å². The van der Waals surface area contributed by atoms with Crippen LogP contribution in [0.4, 0.5) is 5.69 Å². The van der Waals surface area contributed by atoms with Crippen LogP contribution in [0.5, 0.6) is 0 Å². The molecular formula is C14H20ClN3O3. The first-order valence-corrected chi connectivity index (χ1v) is 6.75. The van der Waals surface area contributed by atoms with Crippen molar-refractivity contribution in [3.05, 3.63) is 24.0 Å². The van der Waals surface area contributed by atoms with Crippen LogP contribution in [0.1, 0.15) is 25.5 Å². The largest absolute Gasteiger partial charge is 0.465 e. The summed E-state index contributed by atoms with van der Waals surface area (Å²) in [4.78, 5) is 29.5. The number of carbonyl (C=O) groups excluding carboxylic acids is 2. The highest BCUT2D eigenvalue weighted by molar-refractivity contribution is 5.85. The lowest BCUT2D eigenvalue weighted by Gasteiger charge is -2.21. The zero-order valence-corrected chi connectivity index (χ0v) is 12.8. The molecule has 0 spiro atoms. The molecule has 0 unspecified atom stereocenters. The minimum Gasteiger partial charge on any atom is -0.465 e. The van der Waals surface area contributed by atoms with Crippen LogP contribution < -0.4 is 5.73 Å². The molecule has 21 heavy (non-hydrogen) atoms. The summed E-state index contributed by atoms with van der Waals surface area (Å²) in [6.07, 6.45) is 3.59. The van der Waals surface area contributed by atoms with Crippen LogP contribution in [-0.2, 0) is 20.7 Å². The third-order valence-corrected chi connectivity index (χ3v) is 3.09. The van der Waals surface area contributed by atoms with Gasteiger partial charge in [0.1, 0.15) is 6.54 Å². The van der Waals surface area contributed by atoms with Gasteiger partial charge in [0, 0.05) is 11.7 Å². The molecular weight excluding hydrogens is 294 g/mol. The first-order valence-electron chi connectivity index (χ1n) is 6.75. The summed E-state index contributed by atoms with van der Waals surface area (Å²) in [5, 5.41) is 0. The smallest absolute Gasteiger partial charge is 0.325 e. The minimum absolute atomic E-state index is 0. The number of halogens is 1. The number of anilines is 1. The SMILES string of the molecule is CCOC(=O)CN(C(=O)Cc1ccc(N)cn1)C1CC1.Cl. The van der Waals surface area contributed by atoms with Crippen molar-refractivity contribution in [2.24, 2.45) is 0 Å². The Kier molecular flexibility index (Phi) is 6.42. The molecule has 7 heteroatoms. The van der Waals surface area contributed by atoms with Crippen LogP contribution in [0.3, 0.4) is 0 Å². The molecule has 1 aromatic rings. The molecule has 0 radical (unpaired) electrons. The predicted octanol–water partition coefficient (Wildman–Crippen LogP) is 1.18. The molecule has 1 fully saturated rings. The van der Waals surface area contributed by atoms with E-state index in [-0.39, 0.29) is 43.3 Å². The second-order valence-electron chi connectivity index (χ2n) is 4.82. The maximum absolute atomic E-state index is 12.3. The Hall–Kier alpha value is -1.82. The van der Waals surface area contributed by atoms with Gasteiger partial charge < -0.3 is 15.4 Å². The molecule has 6 nitrogen and oxygen atoms in total. The average Bonchev–Trinajstić information content (AvgIpc) is 3.23. The number of nitrogens with two attached hydrogens (primary N) is 1. The minimum atomic E-state index is -0.363. The highest BCUT2D eigenvalue weighted by Gasteiger charge is 2.34. The Labute approximate surface area is 130 Å². The fourth-order valence-corrected chi connectivity index (χ4v) is 1.95. The number of nitrogen functional groups attached to an aromatic ring is 1. The maximum atomic E-state index is 12.3. The molecule has 1 aliphatic carbocycles. The summed E-state index contributed by atoms with van der Waals surface area (Å²) >= 11 is 0. The lowest BCUT2D eigenvalue weighted by atomic mass is 10.2. The van der Waals surface area contributed by atoms with Crippen molar-refractivity contribution in [1.29, 1.82) is 0 Å². The van der Waals surface area contributed by atoms with Gasteiger partial charge in [0.05, 0.1) is 24.9 Å². The van der Waals surface area contributed by atoms with Crippen molar-refractivity contribution in [3.63, 3.8) is 0 Å². The van der Waals surface area contributed by atoms with Crippen molar-refractivity contribution >= 4 is 30.0 Å². The fourth-order valence-electron chi connectivity index (χ4n) is 1.95. The number of carbonyl (C=O) groups is 2. The lowest BCUT2D eigenvalue weighted by molar-refractivity contribution is -0.149. The van der Waals surface area contributed by atoms with E-state index in [9.17, 15) is 9.59 Å². The quantitative estimate of drug-likeness (QED) is 0.797. The Balaban J connectivity index is 0.00000220. The number of pyridine rings is 1. The van der Waals surface area contributed by atoms with Gasteiger partial charge >= 0.3 is 5.97 Å². The van der Waals surface area contributed by atoms with Crippen molar-refractivity contribution in [3.8, 4) is 0 Å². The van der Waals surface area contributed by atoms with Gasteiger partial charge in [-0.15, -0.1) is 12.4 Å². The first kappa shape index (κ1) is 17.2. The molecule has 0 aromatic carbocycles. The number of hydrogen-bond donors (Lipinski definition) is 1.